The van der Waals surface area contributed by atoms with Crippen molar-refractivity contribution in [1.82, 2.24) is 0 Å². The molecule has 0 spiro atoms. The van der Waals surface area contributed by atoms with Crippen molar-refractivity contribution in [3.63, 3.8) is 0 Å². The summed E-state index contributed by atoms with van der Waals surface area (Å²) >= 11 is 0. The van der Waals surface area contributed by atoms with Crippen LogP contribution in [0.2, 0.25) is 0 Å². The third kappa shape index (κ3) is 0.965. The third-order valence-corrected chi connectivity index (χ3v) is 5.50. The second-order valence-corrected chi connectivity index (χ2v) is 6.10. The second kappa shape index (κ2) is 2.22. The molecule has 60 valence electrons. The summed E-state index contributed by atoms with van der Waals surface area (Å²) in [5, 5.41) is 1.65. The van der Waals surface area contributed by atoms with Gasteiger partial charge in [-0.2, -0.15) is 0 Å². The highest BCUT2D eigenvalue weighted by Crippen LogP contribution is 2.43. The van der Waals surface area contributed by atoms with E-state index in [-0.39, 0.29) is 0 Å². The molecule has 1 aliphatic rings. The zero-order valence-corrected chi connectivity index (χ0v) is 7.21. The van der Waals surface area contributed by atoms with Crippen molar-refractivity contribution in [1.29, 1.82) is 0 Å². The van der Waals surface area contributed by atoms with E-state index < -0.39 is 20.9 Å². The van der Waals surface area contributed by atoms with E-state index in [0.29, 0.717) is 0 Å². The highest BCUT2D eigenvalue weighted by Gasteiger charge is 2.48. The van der Waals surface area contributed by atoms with Crippen LogP contribution in [0.25, 0.3) is 0 Å². The Balaban J connectivity index is 2.94. The Morgan fingerprint density at radius 1 is 1.70 bits per heavy atom. The molecule has 1 unspecified atom stereocenters. The average Bonchev–Trinajstić information content (AvgIpc) is 2.67. The summed E-state index contributed by atoms with van der Waals surface area (Å²) in [5.41, 5.74) is 0. The van der Waals surface area contributed by atoms with Crippen LogP contribution in [0.3, 0.4) is 0 Å². The molecular weight excluding hydrogens is 151 g/mol. The summed E-state index contributed by atoms with van der Waals surface area (Å²) in [6, 6.07) is 0. The molecule has 0 aromatic rings. The van der Waals surface area contributed by atoms with Crippen LogP contribution in [0, 0.1) is 0 Å². The zero-order valence-electron chi connectivity index (χ0n) is 6.39. The van der Waals surface area contributed by atoms with Gasteiger partial charge < -0.3 is 0 Å². The van der Waals surface area contributed by atoms with Crippen LogP contribution in [0.1, 0.15) is 19.8 Å². The lowest BCUT2D eigenvalue weighted by Gasteiger charge is -2.12. The second-order valence-electron chi connectivity index (χ2n) is 2.96. The number of halogens is 1. The van der Waals surface area contributed by atoms with Gasteiger partial charge in [0.15, 0.2) is 0 Å². The molecule has 0 radical (unpaired) electrons. The molecule has 10 heavy (non-hydrogen) atoms. The maximum Gasteiger partial charge on any atom is 0.106 e. The number of hydrogen-bond acceptors (Lipinski definition) is 1. The van der Waals surface area contributed by atoms with Crippen molar-refractivity contribution < 1.29 is 8.60 Å². The Kier molecular flexibility index (Phi) is 1.79. The molecule has 0 saturated heterocycles. The fourth-order valence-electron chi connectivity index (χ4n) is 1.04. The van der Waals surface area contributed by atoms with Crippen molar-refractivity contribution in [2.45, 2.75) is 24.5 Å². The normalized spacial score (nSPS) is 27.1. The smallest absolute Gasteiger partial charge is 0.106 e. The van der Waals surface area contributed by atoms with Gasteiger partial charge in [0.05, 0.1) is 4.75 Å². The number of hydrogen-bond donors (Lipinski definition) is 0. The lowest BCUT2D eigenvalue weighted by Crippen LogP contribution is -2.25. The lowest BCUT2D eigenvalue weighted by atomic mass is 10.5. The minimum Gasteiger partial charge on any atom is -0.267 e. The van der Waals surface area contributed by atoms with Crippen molar-refractivity contribution in [3.8, 4) is 0 Å². The van der Waals surface area contributed by atoms with Crippen molar-refractivity contribution in [2.24, 2.45) is 0 Å². The van der Waals surface area contributed by atoms with Crippen LogP contribution in [-0.4, -0.2) is 27.3 Å². The van der Waals surface area contributed by atoms with Crippen LogP contribution in [0.5, 0.6) is 0 Å². The Hall–Kier alpha value is -0.0500. The molecule has 1 rings (SSSR count). The molecule has 0 aliphatic heterocycles. The molecule has 0 heterocycles. The van der Waals surface area contributed by atoms with Gasteiger partial charge in [-0.15, -0.1) is 0 Å². The fraction of sp³-hybridized carbons (Fsp3) is 0.857. The molecule has 3 heteroatoms. The zero-order chi connectivity index (χ0) is 7.83. The summed E-state index contributed by atoms with van der Waals surface area (Å²) in [5.74, 6) is 0. The fourth-order valence-corrected chi connectivity index (χ4v) is 2.67. The van der Waals surface area contributed by atoms with E-state index >= 15 is 0 Å². The molecule has 1 fully saturated rings. The number of alkyl halides is 1. The van der Waals surface area contributed by atoms with Crippen LogP contribution in [0.4, 0.5) is 4.39 Å². The van der Waals surface area contributed by atoms with Gasteiger partial charge in [-0.3, -0.25) is 4.21 Å². The Bertz CT molecular complexity index is 234. The van der Waals surface area contributed by atoms with E-state index in [1.54, 1.807) is 18.5 Å². The predicted molar refractivity (Wildman–Crippen MR) is 43.7 cm³/mol. The van der Waals surface area contributed by atoms with Gasteiger partial charge in [0, 0.05) is 6.26 Å². The number of rotatable bonds is 2. The van der Waals surface area contributed by atoms with Gasteiger partial charge in [0.2, 0.25) is 0 Å². The topological polar surface area (TPSA) is 17.1 Å². The minimum absolute atomic E-state index is 0.424. The molecule has 1 saturated carbocycles. The van der Waals surface area contributed by atoms with Crippen LogP contribution < -0.4 is 0 Å². The Morgan fingerprint density at radius 2 is 2.20 bits per heavy atom. The molecule has 0 aromatic heterocycles. The van der Waals surface area contributed by atoms with Gasteiger partial charge >= 0.3 is 0 Å². The van der Waals surface area contributed by atoms with E-state index in [9.17, 15) is 8.60 Å². The molecular formula is C7H13FOS. The quantitative estimate of drug-likeness (QED) is 0.561. The largest absolute Gasteiger partial charge is 0.267 e. The molecule has 0 bridgehead atoms. The first-order valence-electron chi connectivity index (χ1n) is 3.42. The highest BCUT2D eigenvalue weighted by atomic mass is 32.2. The van der Waals surface area contributed by atoms with Crippen LogP contribution >= 0.6 is 0 Å². The van der Waals surface area contributed by atoms with Gasteiger partial charge in [-0.1, -0.05) is 0 Å². The molecule has 0 amide bonds. The van der Waals surface area contributed by atoms with Crippen molar-refractivity contribution in [2.75, 3.05) is 12.9 Å². The lowest BCUT2D eigenvalue weighted by molar-refractivity contribution is 0.470. The third-order valence-electron chi connectivity index (χ3n) is 2.36. The van der Waals surface area contributed by atoms with E-state index in [1.807, 2.05) is 0 Å². The SMILES string of the molecule is CC=S(C)(=O)C1(CF)CC1. The van der Waals surface area contributed by atoms with E-state index in [4.69, 9.17) is 0 Å². The standard InChI is InChI=1S/C7H13FOS/c1-3-10(2,9)7(6-8)4-5-7/h3H,4-6H2,1-2H3. The monoisotopic (exact) mass is 164 g/mol. The van der Waals surface area contributed by atoms with Crippen LogP contribution in [0.15, 0.2) is 0 Å². The first-order valence-corrected chi connectivity index (χ1v) is 5.45. The van der Waals surface area contributed by atoms with Gasteiger partial charge in [0.1, 0.15) is 6.67 Å². The summed E-state index contributed by atoms with van der Waals surface area (Å²) < 4.78 is 23.4. The van der Waals surface area contributed by atoms with Crippen molar-refractivity contribution >= 4 is 14.9 Å². The Morgan fingerprint density at radius 3 is 2.30 bits per heavy atom. The maximum absolute atomic E-state index is 12.3. The first kappa shape index (κ1) is 8.05. The van der Waals surface area contributed by atoms with Gasteiger partial charge in [-0.25, -0.2) is 4.39 Å². The van der Waals surface area contributed by atoms with Crippen molar-refractivity contribution in [3.05, 3.63) is 0 Å². The van der Waals surface area contributed by atoms with E-state index in [2.05, 4.69) is 0 Å². The predicted octanol–water partition coefficient (Wildman–Crippen LogP) is 1.22. The summed E-state index contributed by atoms with van der Waals surface area (Å²) in [7, 11) is -1.99. The Labute approximate surface area is 61.6 Å². The van der Waals surface area contributed by atoms with Crippen LogP contribution in [-0.2, 0) is 9.52 Å². The molecule has 0 aromatic carbocycles. The van der Waals surface area contributed by atoms with Gasteiger partial charge in [0.25, 0.3) is 0 Å². The van der Waals surface area contributed by atoms with E-state index in [0.717, 1.165) is 12.8 Å². The summed E-state index contributed by atoms with van der Waals surface area (Å²) in [4.78, 5) is 0. The van der Waals surface area contributed by atoms with E-state index in [1.165, 1.54) is 0 Å². The summed E-state index contributed by atoms with van der Waals surface area (Å²) in [6.45, 7) is 1.32. The molecule has 0 N–H and O–H groups in total. The first-order chi connectivity index (χ1) is 4.58. The highest BCUT2D eigenvalue weighted by molar-refractivity contribution is 8.02. The molecule has 1 aliphatic carbocycles. The summed E-state index contributed by atoms with van der Waals surface area (Å²) in [6.07, 6.45) is 3.24. The molecule has 1 nitrogen and oxygen atoms in total. The van der Waals surface area contributed by atoms with Gasteiger partial charge in [-0.05, 0) is 34.7 Å². The molecule has 1 atom stereocenters. The maximum atomic E-state index is 12.3. The minimum atomic E-state index is -1.99. The average molecular weight is 164 g/mol.